The minimum Gasteiger partial charge on any atom is -0.490 e. The van der Waals surface area contributed by atoms with E-state index in [1.165, 1.54) is 18.0 Å². The zero-order valence-corrected chi connectivity index (χ0v) is 40.8. The summed E-state index contributed by atoms with van der Waals surface area (Å²) in [6, 6.07) is 15.8. The number of pyridine rings is 1. The van der Waals surface area contributed by atoms with E-state index in [1.807, 2.05) is 0 Å². The lowest BCUT2D eigenvalue weighted by Crippen LogP contribution is -2.41. The number of alkyl halides is 12. The van der Waals surface area contributed by atoms with Crippen LogP contribution in [0.25, 0.3) is 22.6 Å². The van der Waals surface area contributed by atoms with Crippen molar-refractivity contribution in [2.24, 2.45) is 22.9 Å². The molecule has 79 heavy (non-hydrogen) atoms. The quantitative estimate of drug-likeness (QED) is 0.0363. The van der Waals surface area contributed by atoms with Gasteiger partial charge in [0.2, 0.25) is 5.89 Å². The third-order valence-electron chi connectivity index (χ3n) is 8.22. The molecule has 0 radical (unpaired) electrons. The predicted octanol–water partition coefficient (Wildman–Crippen LogP) is 5.39. The Morgan fingerprint density at radius 3 is 1.48 bits per heavy atom. The number of carbonyl (C=O) groups is 6. The number of halogens is 13. The standard InChI is InChI=1S/C34H36ClN9O6S.4C2HF3O2/c35-21-5-1-20(2-6-21)31-43-22(15-48-31)18-51-32-26(14-39)29(25(13-38)30(42)44-32)19-3-7-23(8-4-19)47-16-24(50-34(46)28(41)10-12-37)17-49-33(45)27(40)9-11-36;4*3-2(4,5)1(6)7/h1-8,15,24,27-28H,9-12,16-18,36-37,40-41H2,(H2,42,44);4*(H,6,7)/t24-,27-,28-;;;;/m0..../s1. The Labute approximate surface area is 443 Å². The number of benzene rings is 2. The number of esters is 2. The van der Waals surface area contributed by atoms with Crippen LogP contribution in [-0.2, 0) is 44.0 Å². The SMILES string of the molecule is N#Cc1c(N)nc(SCc2coc(-c3ccc(Cl)cc3)n2)c(C#N)c1-c1ccc(OC[C@@H](COC(=O)[C@@H](N)CCN)OC(=O)[C@@H](N)CCN)cc1.O=C(O)C(F)(F)F.O=C(O)C(F)(F)F.O=C(O)C(F)(F)F.O=C(O)C(F)(F)F. The molecule has 0 bridgehead atoms. The summed E-state index contributed by atoms with van der Waals surface area (Å²) in [5.74, 6) is -11.5. The Bertz CT molecular complexity index is 2660. The molecule has 37 heteroatoms. The molecule has 4 aromatic rings. The van der Waals surface area contributed by atoms with Crippen LogP contribution in [0, 0.1) is 22.7 Å². The number of ether oxygens (including phenoxy) is 3. The molecule has 0 amide bonds. The molecule has 0 saturated heterocycles. The first-order valence-electron chi connectivity index (χ1n) is 20.5. The average molecular weight is 1190 g/mol. The van der Waals surface area contributed by atoms with E-state index in [4.69, 9.17) is 98.5 Å². The highest BCUT2D eigenvalue weighted by Crippen LogP contribution is 2.37. The van der Waals surface area contributed by atoms with Gasteiger partial charge in [-0.15, -0.1) is 0 Å². The molecule has 23 nitrogen and oxygen atoms in total. The smallest absolute Gasteiger partial charge is 0.490 e. The summed E-state index contributed by atoms with van der Waals surface area (Å²) in [6.45, 7) is -0.196. The number of nitrogens with two attached hydrogens (primary N) is 5. The first-order valence-corrected chi connectivity index (χ1v) is 21.9. The third kappa shape index (κ3) is 26.6. The highest BCUT2D eigenvalue weighted by Gasteiger charge is 2.40. The van der Waals surface area contributed by atoms with Gasteiger partial charge in [-0.2, -0.15) is 63.2 Å². The van der Waals surface area contributed by atoms with Crippen LogP contribution in [0.1, 0.15) is 29.7 Å². The molecule has 0 aliphatic carbocycles. The van der Waals surface area contributed by atoms with E-state index in [-0.39, 0.29) is 56.1 Å². The number of hydrogen-bond acceptors (Lipinski definition) is 20. The predicted molar refractivity (Wildman–Crippen MR) is 244 cm³/mol. The van der Waals surface area contributed by atoms with Gasteiger partial charge in [-0.1, -0.05) is 35.5 Å². The highest BCUT2D eigenvalue weighted by atomic mass is 35.5. The van der Waals surface area contributed by atoms with E-state index >= 15 is 0 Å². The highest BCUT2D eigenvalue weighted by molar-refractivity contribution is 7.98. The topological polar surface area (TPSA) is 428 Å². The Balaban J connectivity index is 0.00000176. The fraction of sp³-hybridized carbons (Fsp3) is 0.333. The maximum absolute atomic E-state index is 12.5. The van der Waals surface area contributed by atoms with Crippen LogP contribution in [0.3, 0.4) is 0 Å². The molecule has 0 spiro atoms. The number of aromatic nitrogens is 2. The minimum atomic E-state index is -5.08. The molecule has 2 aromatic heterocycles. The van der Waals surface area contributed by atoms with Crippen LogP contribution in [0.4, 0.5) is 58.5 Å². The van der Waals surface area contributed by atoms with Gasteiger partial charge in [0.25, 0.3) is 0 Å². The summed E-state index contributed by atoms with van der Waals surface area (Å²) in [6.07, 6.45) is -19.4. The molecule has 0 unspecified atom stereocenters. The van der Waals surface area contributed by atoms with E-state index < -0.39 is 78.7 Å². The summed E-state index contributed by atoms with van der Waals surface area (Å²) in [5.41, 5.74) is 31.1. The van der Waals surface area contributed by atoms with Gasteiger partial charge in [-0.3, -0.25) is 9.59 Å². The second kappa shape index (κ2) is 32.5. The zero-order valence-electron chi connectivity index (χ0n) is 39.2. The van der Waals surface area contributed by atoms with Crippen LogP contribution in [0.2, 0.25) is 5.02 Å². The van der Waals surface area contributed by atoms with Crippen molar-refractivity contribution >= 4 is 65.0 Å². The van der Waals surface area contributed by atoms with Crippen molar-refractivity contribution in [3.05, 3.63) is 76.6 Å². The van der Waals surface area contributed by atoms with Gasteiger partial charge in [-0.25, -0.2) is 29.1 Å². The molecule has 0 aliphatic rings. The maximum Gasteiger partial charge on any atom is 0.490 e. The Morgan fingerprint density at radius 2 is 1.08 bits per heavy atom. The van der Waals surface area contributed by atoms with Crippen molar-refractivity contribution in [1.29, 1.82) is 10.5 Å². The number of thioether (sulfide) groups is 1. The number of carbonyl (C=O) groups excluding carboxylic acids is 2. The number of nitrogen functional groups attached to an aromatic ring is 1. The Morgan fingerprint density at radius 1 is 0.658 bits per heavy atom. The molecule has 2 heterocycles. The Kier molecular flexibility index (Phi) is 29.2. The molecule has 0 saturated carbocycles. The van der Waals surface area contributed by atoms with Gasteiger partial charge in [0.15, 0.2) is 6.10 Å². The molecular weight excluding hydrogens is 1150 g/mol. The monoisotopic (exact) mass is 1190 g/mol. The molecular formula is C42H40ClF12N9O14S. The van der Waals surface area contributed by atoms with Crippen molar-refractivity contribution in [3.63, 3.8) is 0 Å². The number of rotatable bonds is 17. The first kappa shape index (κ1) is 70.8. The molecule has 0 fully saturated rings. The summed E-state index contributed by atoms with van der Waals surface area (Å²) < 4.78 is 149. The summed E-state index contributed by atoms with van der Waals surface area (Å²) in [5, 5.41) is 49.6. The molecule has 434 valence electrons. The fourth-order valence-electron chi connectivity index (χ4n) is 4.58. The van der Waals surface area contributed by atoms with Crippen molar-refractivity contribution in [1.82, 2.24) is 9.97 Å². The normalized spacial score (nSPS) is 12.1. The number of anilines is 1. The molecule has 3 atom stereocenters. The van der Waals surface area contributed by atoms with Gasteiger partial charge in [0, 0.05) is 21.9 Å². The number of oxazole rings is 1. The summed E-state index contributed by atoms with van der Waals surface area (Å²) in [7, 11) is 0. The van der Waals surface area contributed by atoms with Crippen LogP contribution in [0.15, 0.2) is 64.2 Å². The van der Waals surface area contributed by atoms with Gasteiger partial charge in [0.05, 0.1) is 11.3 Å². The van der Waals surface area contributed by atoms with Crippen molar-refractivity contribution < 1.29 is 121 Å². The van der Waals surface area contributed by atoms with Crippen molar-refractivity contribution in [2.45, 2.75) is 66.5 Å². The van der Waals surface area contributed by atoms with E-state index in [2.05, 4.69) is 22.1 Å². The van der Waals surface area contributed by atoms with Gasteiger partial charge in [0.1, 0.15) is 65.9 Å². The second-order valence-corrected chi connectivity index (χ2v) is 15.6. The van der Waals surface area contributed by atoms with Crippen molar-refractivity contribution in [3.8, 4) is 40.5 Å². The van der Waals surface area contributed by atoms with Gasteiger partial charge < -0.3 is 67.7 Å². The maximum atomic E-state index is 12.5. The molecule has 4 rings (SSSR count). The first-order chi connectivity index (χ1) is 36.3. The van der Waals surface area contributed by atoms with Crippen LogP contribution >= 0.6 is 23.4 Å². The van der Waals surface area contributed by atoms with Crippen LogP contribution in [0.5, 0.6) is 5.75 Å². The molecule has 14 N–H and O–H groups in total. The van der Waals surface area contributed by atoms with Gasteiger partial charge >= 0.3 is 60.5 Å². The molecule has 0 aliphatic heterocycles. The number of carboxylic acid groups (broad SMARTS) is 4. The van der Waals surface area contributed by atoms with E-state index in [1.54, 1.807) is 48.5 Å². The van der Waals surface area contributed by atoms with Crippen LogP contribution in [-0.4, -0.2) is 135 Å². The zero-order chi connectivity index (χ0) is 61.2. The number of hydrogen-bond donors (Lipinski definition) is 9. The number of carboxylic acids is 4. The average Bonchev–Trinajstić information content (AvgIpc) is 3.83. The van der Waals surface area contributed by atoms with Crippen molar-refractivity contribution in [2.75, 3.05) is 32.0 Å². The van der Waals surface area contributed by atoms with E-state index in [0.29, 0.717) is 44.3 Å². The third-order valence-corrected chi connectivity index (χ3v) is 9.48. The largest absolute Gasteiger partial charge is 0.490 e. The van der Waals surface area contributed by atoms with E-state index in [9.17, 15) is 72.8 Å². The summed E-state index contributed by atoms with van der Waals surface area (Å²) >= 11 is 7.19. The number of aliphatic carboxylic acids is 4. The van der Waals surface area contributed by atoms with Crippen LogP contribution < -0.4 is 33.4 Å². The van der Waals surface area contributed by atoms with Gasteiger partial charge in [-0.05, 0) is 67.9 Å². The minimum absolute atomic E-state index is 0.0338. The lowest BCUT2D eigenvalue weighted by molar-refractivity contribution is -0.193. The number of nitrogens with zero attached hydrogens (tertiary/aromatic N) is 4. The number of nitriles is 2. The van der Waals surface area contributed by atoms with E-state index in [0.717, 1.165) is 5.56 Å². The lowest BCUT2D eigenvalue weighted by atomic mass is 9.97. The Hall–Kier alpha value is -8.16. The molecule has 2 aromatic carbocycles. The lowest BCUT2D eigenvalue weighted by Gasteiger charge is -2.21. The summed E-state index contributed by atoms with van der Waals surface area (Å²) in [4.78, 5) is 69.2. The second-order valence-electron chi connectivity index (χ2n) is 14.2. The fourth-order valence-corrected chi connectivity index (χ4v) is 5.58.